The summed E-state index contributed by atoms with van der Waals surface area (Å²) in [6.45, 7) is 3.59. The van der Waals surface area contributed by atoms with Crippen molar-refractivity contribution >= 4 is 57.6 Å². The third kappa shape index (κ3) is 6.61. The third-order valence-electron chi connectivity index (χ3n) is 8.63. The van der Waals surface area contributed by atoms with Gasteiger partial charge in [0, 0.05) is 42.2 Å². The molecule has 0 bridgehead atoms. The minimum absolute atomic E-state index is 0. The molecular formula is C35H32Cl2FN5O4. The number of aromatic carboxylic acids is 1. The summed E-state index contributed by atoms with van der Waals surface area (Å²) in [5.74, 6) is 0.814. The van der Waals surface area contributed by atoms with Gasteiger partial charge in [0.25, 0.3) is 6.01 Å². The van der Waals surface area contributed by atoms with Crippen LogP contribution in [0.15, 0.2) is 77.6 Å². The molecule has 1 unspecified atom stereocenters. The van der Waals surface area contributed by atoms with Crippen LogP contribution in [0.25, 0.3) is 27.6 Å². The number of carboxylic acids is 1. The van der Waals surface area contributed by atoms with E-state index in [4.69, 9.17) is 30.7 Å². The average molecular weight is 677 g/mol. The van der Waals surface area contributed by atoms with Crippen LogP contribution in [-0.4, -0.2) is 35.2 Å². The van der Waals surface area contributed by atoms with Crippen LogP contribution in [0.2, 0.25) is 5.02 Å². The number of hydrogen-bond acceptors (Lipinski definition) is 6. The molecule has 0 amide bonds. The van der Waals surface area contributed by atoms with Crippen LogP contribution in [0.1, 0.15) is 59.3 Å². The molecule has 6 aromatic rings. The number of halogens is 3. The summed E-state index contributed by atoms with van der Waals surface area (Å²) in [6.07, 6.45) is 9.36. The molecule has 0 saturated carbocycles. The molecule has 4 aromatic heterocycles. The Morgan fingerprint density at radius 3 is 2.83 bits per heavy atom. The highest BCUT2D eigenvalue weighted by Crippen LogP contribution is 2.34. The lowest BCUT2D eigenvalue weighted by atomic mass is 9.86. The standard InChI is InChI=1S/C35H31ClFN5O4.ClH/c1-2-41-20-38-17-25(41)18-42-30-15-23(35(43)44)11-13-29(30)39-32(42)14-21-6-8-22(9-7-21)28-4-3-5-33(40-28)45-19-24-10-12-27(36)26-16-31(37)46-34(24)26;/h3-5,8,10-13,15-17,20-21H,2,6-7,9,14,18-19H2,1H3,(H,43,44);1H. The van der Waals surface area contributed by atoms with Gasteiger partial charge in [-0.25, -0.2) is 19.7 Å². The number of aryl methyl sites for hydroxylation is 1. The molecule has 2 aromatic carbocycles. The Bertz CT molecular complexity index is 2120. The van der Waals surface area contributed by atoms with Gasteiger partial charge in [0.2, 0.25) is 5.88 Å². The molecule has 12 heteroatoms. The van der Waals surface area contributed by atoms with E-state index in [9.17, 15) is 14.3 Å². The maximum Gasteiger partial charge on any atom is 0.335 e. The first kappa shape index (κ1) is 32.3. The minimum atomic E-state index is -0.960. The highest BCUT2D eigenvalue weighted by molar-refractivity contribution is 6.35. The van der Waals surface area contributed by atoms with Crippen LogP contribution < -0.4 is 4.74 Å². The third-order valence-corrected chi connectivity index (χ3v) is 8.96. The van der Waals surface area contributed by atoms with Gasteiger partial charge in [-0.1, -0.05) is 29.8 Å². The molecule has 7 rings (SSSR count). The predicted molar refractivity (Wildman–Crippen MR) is 180 cm³/mol. The predicted octanol–water partition coefficient (Wildman–Crippen LogP) is 8.36. The summed E-state index contributed by atoms with van der Waals surface area (Å²) in [5.41, 5.74) is 5.95. The van der Waals surface area contributed by atoms with E-state index in [-0.39, 0.29) is 24.6 Å². The number of imidazole rings is 2. The average Bonchev–Trinajstić information content (AvgIpc) is 3.78. The minimum Gasteiger partial charge on any atom is -0.478 e. The molecule has 9 nitrogen and oxygen atoms in total. The second-order valence-corrected chi connectivity index (χ2v) is 11.9. The van der Waals surface area contributed by atoms with Crippen LogP contribution in [0.3, 0.4) is 0 Å². The smallest absolute Gasteiger partial charge is 0.335 e. The number of hydrogen-bond donors (Lipinski definition) is 1. The number of carbonyl (C=O) groups is 1. The van der Waals surface area contributed by atoms with E-state index in [1.165, 1.54) is 6.07 Å². The quantitative estimate of drug-likeness (QED) is 0.155. The number of benzene rings is 2. The number of carboxylic acid groups (broad SMARTS) is 1. The van der Waals surface area contributed by atoms with Crippen molar-refractivity contribution in [2.45, 2.75) is 52.3 Å². The summed E-state index contributed by atoms with van der Waals surface area (Å²) < 4.78 is 29.2. The molecule has 1 aliphatic rings. The molecule has 1 atom stereocenters. The number of pyridine rings is 1. The van der Waals surface area contributed by atoms with Gasteiger partial charge >= 0.3 is 5.97 Å². The van der Waals surface area contributed by atoms with Crippen molar-refractivity contribution in [2.24, 2.45) is 5.92 Å². The van der Waals surface area contributed by atoms with E-state index in [0.717, 1.165) is 66.0 Å². The van der Waals surface area contributed by atoms with Crippen LogP contribution in [-0.2, 0) is 26.1 Å². The Balaban J connectivity index is 0.00000386. The largest absolute Gasteiger partial charge is 0.478 e. The summed E-state index contributed by atoms with van der Waals surface area (Å²) in [7, 11) is 0. The second-order valence-electron chi connectivity index (χ2n) is 11.5. The fraction of sp³-hybridized carbons (Fsp3) is 0.257. The summed E-state index contributed by atoms with van der Waals surface area (Å²) in [4.78, 5) is 25.8. The Hall–Kier alpha value is -4.67. The second kappa shape index (κ2) is 13.6. The van der Waals surface area contributed by atoms with Crippen molar-refractivity contribution < 1.29 is 23.4 Å². The molecule has 242 valence electrons. The number of allylic oxidation sites excluding steroid dienone is 2. The zero-order valence-corrected chi connectivity index (χ0v) is 27.1. The summed E-state index contributed by atoms with van der Waals surface area (Å²) in [6, 6.07) is 14.9. The molecule has 0 saturated heterocycles. The highest BCUT2D eigenvalue weighted by atomic mass is 35.5. The summed E-state index contributed by atoms with van der Waals surface area (Å²) >= 11 is 6.19. The fourth-order valence-corrected chi connectivity index (χ4v) is 6.39. The van der Waals surface area contributed by atoms with E-state index in [0.29, 0.717) is 39.9 Å². The summed E-state index contributed by atoms with van der Waals surface area (Å²) in [5, 5.41) is 10.6. The zero-order valence-electron chi connectivity index (χ0n) is 25.5. The Labute approximate surface area is 281 Å². The lowest BCUT2D eigenvalue weighted by molar-refractivity contribution is 0.0697. The van der Waals surface area contributed by atoms with Gasteiger partial charge in [0.1, 0.15) is 18.0 Å². The van der Waals surface area contributed by atoms with Crippen molar-refractivity contribution in [1.29, 1.82) is 0 Å². The van der Waals surface area contributed by atoms with E-state index < -0.39 is 12.0 Å². The zero-order chi connectivity index (χ0) is 31.8. The molecule has 0 aliphatic heterocycles. The van der Waals surface area contributed by atoms with Crippen LogP contribution in [0, 0.1) is 11.9 Å². The fourth-order valence-electron chi connectivity index (χ4n) is 6.18. The number of aromatic nitrogens is 5. The number of rotatable bonds is 10. The Morgan fingerprint density at radius 2 is 2.04 bits per heavy atom. The van der Waals surface area contributed by atoms with Crippen molar-refractivity contribution in [3.05, 3.63) is 113 Å². The van der Waals surface area contributed by atoms with Crippen LogP contribution >= 0.6 is 24.0 Å². The SMILES string of the molecule is CCn1cncc1Cn1c(CC2CC=C(c3cccc(OCc4ccc(Cl)c5cc(F)oc45)n3)CC2)nc2ccc(C(=O)O)cc21.Cl. The first-order valence-electron chi connectivity index (χ1n) is 15.2. The van der Waals surface area contributed by atoms with Gasteiger partial charge in [-0.2, -0.15) is 4.39 Å². The number of ether oxygens (including phenoxy) is 1. The Morgan fingerprint density at radius 1 is 1.17 bits per heavy atom. The van der Waals surface area contributed by atoms with Gasteiger partial charge < -0.3 is 23.4 Å². The van der Waals surface area contributed by atoms with Gasteiger partial charge in [-0.05, 0) is 68.0 Å². The van der Waals surface area contributed by atoms with Crippen LogP contribution in [0.5, 0.6) is 5.88 Å². The number of fused-ring (bicyclic) bond motifs is 2. The highest BCUT2D eigenvalue weighted by Gasteiger charge is 2.22. The van der Waals surface area contributed by atoms with Gasteiger partial charge in [-0.15, -0.1) is 12.4 Å². The topological polar surface area (TPSA) is 108 Å². The van der Waals surface area contributed by atoms with E-state index in [1.54, 1.807) is 36.4 Å². The van der Waals surface area contributed by atoms with E-state index >= 15 is 0 Å². The van der Waals surface area contributed by atoms with E-state index in [1.807, 2.05) is 24.7 Å². The molecule has 1 N–H and O–H groups in total. The first-order valence-corrected chi connectivity index (χ1v) is 15.6. The van der Waals surface area contributed by atoms with Gasteiger partial charge in [0.05, 0.1) is 45.9 Å². The van der Waals surface area contributed by atoms with Crippen molar-refractivity contribution in [1.82, 2.24) is 24.1 Å². The lowest BCUT2D eigenvalue weighted by Gasteiger charge is -2.22. The number of furan rings is 1. The lowest BCUT2D eigenvalue weighted by Crippen LogP contribution is -2.15. The Kier molecular flexibility index (Phi) is 9.33. The maximum atomic E-state index is 13.8. The van der Waals surface area contributed by atoms with Crippen molar-refractivity contribution in [3.63, 3.8) is 0 Å². The van der Waals surface area contributed by atoms with E-state index in [2.05, 4.69) is 27.1 Å². The van der Waals surface area contributed by atoms with Gasteiger partial charge in [-0.3, -0.25) is 0 Å². The maximum absolute atomic E-state index is 13.8. The molecule has 47 heavy (non-hydrogen) atoms. The van der Waals surface area contributed by atoms with Crippen molar-refractivity contribution in [3.8, 4) is 5.88 Å². The monoisotopic (exact) mass is 675 g/mol. The molecule has 0 radical (unpaired) electrons. The van der Waals surface area contributed by atoms with Crippen molar-refractivity contribution in [2.75, 3.05) is 0 Å². The first-order chi connectivity index (χ1) is 22.4. The molecule has 0 spiro atoms. The van der Waals surface area contributed by atoms with Gasteiger partial charge in [0.15, 0.2) is 0 Å². The number of nitrogens with zero attached hydrogens (tertiary/aromatic N) is 5. The molecule has 4 heterocycles. The van der Waals surface area contributed by atoms with Crippen LogP contribution in [0.4, 0.5) is 4.39 Å². The normalized spacial score (nSPS) is 14.7. The molecule has 1 aliphatic carbocycles. The molecule has 0 fully saturated rings. The molecular weight excluding hydrogens is 644 g/mol.